The van der Waals surface area contributed by atoms with Gasteiger partial charge in [0.1, 0.15) is 5.75 Å². The summed E-state index contributed by atoms with van der Waals surface area (Å²) in [7, 11) is -3.78. The van der Waals surface area contributed by atoms with Crippen LogP contribution in [0.5, 0.6) is 5.75 Å². The van der Waals surface area contributed by atoms with E-state index in [1.165, 1.54) is 5.82 Å². The van der Waals surface area contributed by atoms with Gasteiger partial charge in [0.15, 0.2) is 0 Å². The van der Waals surface area contributed by atoms with Gasteiger partial charge >= 0.3 is 7.60 Å². The molecule has 0 aromatic heterocycles. The first-order chi connectivity index (χ1) is 9.05. The minimum absolute atomic E-state index is 0.333. The largest absolute Gasteiger partial charge is 0.421 e. The molecule has 3 nitrogen and oxygen atoms in total. The number of fused-ring (bicyclic) bond motifs is 1. The van der Waals surface area contributed by atoms with Crippen molar-refractivity contribution in [2.75, 3.05) is 0 Å². The third-order valence-corrected chi connectivity index (χ3v) is 4.12. The van der Waals surface area contributed by atoms with Gasteiger partial charge in [0.25, 0.3) is 0 Å². The van der Waals surface area contributed by atoms with Crippen molar-refractivity contribution in [3.05, 3.63) is 70.5 Å². The zero-order chi connectivity index (χ0) is 13.5. The molecular formula is C14H10ClO3P. The van der Waals surface area contributed by atoms with Crippen LogP contribution < -0.4 is 4.52 Å². The Balaban J connectivity index is 2.23. The highest BCUT2D eigenvalue weighted by atomic mass is 35.5. The van der Waals surface area contributed by atoms with Crippen LogP contribution in [0.25, 0.3) is 5.57 Å². The molecule has 0 fully saturated rings. The summed E-state index contributed by atoms with van der Waals surface area (Å²) < 4.78 is 17.0. The van der Waals surface area contributed by atoms with E-state index in [4.69, 9.17) is 16.1 Å². The molecule has 2 aromatic rings. The lowest BCUT2D eigenvalue weighted by Gasteiger charge is -2.22. The van der Waals surface area contributed by atoms with E-state index in [1.54, 1.807) is 18.2 Å². The molecule has 0 amide bonds. The molecule has 5 heteroatoms. The second-order valence-corrected chi connectivity index (χ2v) is 6.21. The number of halogens is 1. The molecule has 1 atom stereocenters. The molecule has 1 unspecified atom stereocenters. The van der Waals surface area contributed by atoms with Gasteiger partial charge in [0.05, 0.1) is 0 Å². The van der Waals surface area contributed by atoms with Crippen molar-refractivity contribution in [2.45, 2.75) is 0 Å². The second kappa shape index (κ2) is 4.53. The van der Waals surface area contributed by atoms with Gasteiger partial charge in [-0.05, 0) is 23.8 Å². The Hall–Kier alpha value is -1.54. The van der Waals surface area contributed by atoms with Gasteiger partial charge in [-0.2, -0.15) is 0 Å². The third-order valence-electron chi connectivity index (χ3n) is 2.84. The molecule has 0 aliphatic carbocycles. The molecule has 2 aromatic carbocycles. The van der Waals surface area contributed by atoms with Crippen molar-refractivity contribution in [3.8, 4) is 5.75 Å². The Labute approximate surface area is 115 Å². The lowest BCUT2D eigenvalue weighted by atomic mass is 9.99. The SMILES string of the molecule is O=P1(O)C=C(c2ccccc2)c2ccc(Cl)cc2O1. The fourth-order valence-electron chi connectivity index (χ4n) is 2.04. The fraction of sp³-hybridized carbons (Fsp3) is 0. The van der Waals surface area contributed by atoms with Crippen molar-refractivity contribution in [3.63, 3.8) is 0 Å². The van der Waals surface area contributed by atoms with E-state index in [-0.39, 0.29) is 0 Å². The molecule has 1 N–H and O–H groups in total. The van der Waals surface area contributed by atoms with Gasteiger partial charge in [-0.15, -0.1) is 0 Å². The topological polar surface area (TPSA) is 46.5 Å². The summed E-state index contributed by atoms with van der Waals surface area (Å²) in [5, 5.41) is 0.466. The summed E-state index contributed by atoms with van der Waals surface area (Å²) in [6, 6.07) is 14.5. The molecule has 0 radical (unpaired) electrons. The van der Waals surface area contributed by atoms with Crippen molar-refractivity contribution >= 4 is 24.8 Å². The van der Waals surface area contributed by atoms with Crippen molar-refractivity contribution < 1.29 is 14.0 Å². The standard InChI is InChI=1S/C14H10ClO3P/c15-11-6-7-12-13(10-4-2-1-3-5-10)9-19(16,17)18-14(12)8-11/h1-9H,(H,16,17). The highest BCUT2D eigenvalue weighted by Crippen LogP contribution is 2.54. The van der Waals surface area contributed by atoms with Crippen LogP contribution >= 0.6 is 19.2 Å². The molecule has 0 spiro atoms. The van der Waals surface area contributed by atoms with E-state index in [2.05, 4.69) is 0 Å². The second-order valence-electron chi connectivity index (χ2n) is 4.20. The number of rotatable bonds is 1. The van der Waals surface area contributed by atoms with Crippen molar-refractivity contribution in [1.29, 1.82) is 0 Å². The number of benzene rings is 2. The summed E-state index contributed by atoms with van der Waals surface area (Å²) in [6.45, 7) is 0. The van der Waals surface area contributed by atoms with Crippen molar-refractivity contribution in [2.24, 2.45) is 0 Å². The van der Waals surface area contributed by atoms with E-state index < -0.39 is 7.60 Å². The average Bonchev–Trinajstić information content (AvgIpc) is 2.37. The molecule has 1 aliphatic rings. The van der Waals surface area contributed by atoms with Gasteiger partial charge in [-0.1, -0.05) is 41.9 Å². The fourth-order valence-corrected chi connectivity index (χ4v) is 3.30. The average molecular weight is 293 g/mol. The normalized spacial score (nSPS) is 21.3. The first-order valence-corrected chi connectivity index (χ1v) is 7.68. The maximum Gasteiger partial charge on any atom is 0.401 e. The van der Waals surface area contributed by atoms with Gasteiger partial charge in [0, 0.05) is 22.0 Å². The zero-order valence-electron chi connectivity index (χ0n) is 9.79. The number of hydrogen-bond acceptors (Lipinski definition) is 2. The van der Waals surface area contributed by atoms with Crippen LogP contribution in [0.1, 0.15) is 11.1 Å². The van der Waals surface area contributed by atoms with Crippen LogP contribution in [0.3, 0.4) is 0 Å². The van der Waals surface area contributed by atoms with Gasteiger partial charge in [0.2, 0.25) is 0 Å². The first-order valence-electron chi connectivity index (χ1n) is 5.65. The van der Waals surface area contributed by atoms with Gasteiger partial charge < -0.3 is 9.42 Å². The Kier molecular flexibility index (Phi) is 2.98. The van der Waals surface area contributed by atoms with Gasteiger partial charge in [-0.25, -0.2) is 4.57 Å². The zero-order valence-corrected chi connectivity index (χ0v) is 11.4. The number of hydrogen-bond donors (Lipinski definition) is 1. The minimum Gasteiger partial charge on any atom is -0.421 e. The predicted molar refractivity (Wildman–Crippen MR) is 75.4 cm³/mol. The van der Waals surface area contributed by atoms with E-state index in [0.717, 1.165) is 11.1 Å². The van der Waals surface area contributed by atoms with E-state index in [1.807, 2.05) is 30.3 Å². The van der Waals surface area contributed by atoms with Crippen LogP contribution in [0.2, 0.25) is 5.02 Å². The molecule has 3 rings (SSSR count). The van der Waals surface area contributed by atoms with Crippen LogP contribution in [-0.2, 0) is 4.57 Å². The Morgan fingerprint density at radius 2 is 1.84 bits per heavy atom. The van der Waals surface area contributed by atoms with E-state index in [0.29, 0.717) is 16.3 Å². The lowest BCUT2D eigenvalue weighted by Crippen LogP contribution is -2.01. The highest BCUT2D eigenvalue weighted by molar-refractivity contribution is 7.57. The maximum absolute atomic E-state index is 11.9. The monoisotopic (exact) mass is 292 g/mol. The molecule has 1 heterocycles. The molecular weight excluding hydrogens is 283 g/mol. The first kappa shape index (κ1) is 12.5. The summed E-state index contributed by atoms with van der Waals surface area (Å²) in [6.07, 6.45) is 0. The highest BCUT2D eigenvalue weighted by Gasteiger charge is 2.28. The Morgan fingerprint density at radius 3 is 2.58 bits per heavy atom. The smallest absolute Gasteiger partial charge is 0.401 e. The third kappa shape index (κ3) is 2.45. The van der Waals surface area contributed by atoms with Crippen LogP contribution in [-0.4, -0.2) is 4.89 Å². The van der Waals surface area contributed by atoms with Gasteiger partial charge in [-0.3, -0.25) is 0 Å². The van der Waals surface area contributed by atoms with Crippen LogP contribution in [0.4, 0.5) is 0 Å². The van der Waals surface area contributed by atoms with Crippen LogP contribution in [0, 0.1) is 0 Å². The molecule has 1 aliphatic heterocycles. The maximum atomic E-state index is 11.9. The predicted octanol–water partition coefficient (Wildman–Crippen LogP) is 4.31. The molecule has 0 saturated carbocycles. The summed E-state index contributed by atoms with van der Waals surface area (Å²) >= 11 is 5.89. The summed E-state index contributed by atoms with van der Waals surface area (Å²) in [5.74, 6) is 1.61. The molecule has 96 valence electrons. The van der Waals surface area contributed by atoms with E-state index >= 15 is 0 Å². The van der Waals surface area contributed by atoms with E-state index in [9.17, 15) is 9.46 Å². The lowest BCUT2D eigenvalue weighted by molar-refractivity contribution is 0.390. The molecule has 19 heavy (non-hydrogen) atoms. The molecule has 0 saturated heterocycles. The quantitative estimate of drug-likeness (QED) is 0.797. The Morgan fingerprint density at radius 1 is 1.11 bits per heavy atom. The van der Waals surface area contributed by atoms with Crippen molar-refractivity contribution in [1.82, 2.24) is 0 Å². The van der Waals surface area contributed by atoms with Crippen LogP contribution in [0.15, 0.2) is 54.3 Å². The summed E-state index contributed by atoms with van der Waals surface area (Å²) in [5.41, 5.74) is 2.31. The Bertz CT molecular complexity index is 710. The molecule has 0 bridgehead atoms. The minimum atomic E-state index is -3.78. The summed E-state index contributed by atoms with van der Waals surface area (Å²) in [4.78, 5) is 9.76.